The van der Waals surface area contributed by atoms with Gasteiger partial charge in [-0.2, -0.15) is 4.99 Å². The third-order valence-electron chi connectivity index (χ3n) is 5.39. The van der Waals surface area contributed by atoms with E-state index in [1.165, 1.54) is 24.9 Å². The van der Waals surface area contributed by atoms with Crippen LogP contribution in [0.2, 0.25) is 0 Å². The van der Waals surface area contributed by atoms with Gasteiger partial charge in [0.25, 0.3) is 0 Å². The molecule has 1 heterocycles. The number of aliphatic hydroxyl groups excluding tert-OH is 1. The number of aliphatic hydroxyl groups is 1. The highest BCUT2D eigenvalue weighted by atomic mass is 79.9. The first kappa shape index (κ1) is 25.4. The van der Waals surface area contributed by atoms with Gasteiger partial charge in [-0.15, -0.1) is 0 Å². The Bertz CT molecular complexity index is 662. The van der Waals surface area contributed by atoms with Crippen molar-refractivity contribution in [2.24, 2.45) is 16.6 Å². The molecule has 0 aromatic heterocycles. The lowest BCUT2D eigenvalue weighted by Crippen LogP contribution is -2.46. The molecule has 1 aliphatic carbocycles. The number of hydrogen-bond donors (Lipinski definition) is 3. The summed E-state index contributed by atoms with van der Waals surface area (Å²) in [5, 5.41) is 13.1. The number of piperazine rings is 1. The van der Waals surface area contributed by atoms with Gasteiger partial charge in [-0.05, 0) is 67.5 Å². The first-order chi connectivity index (χ1) is 14.6. The summed E-state index contributed by atoms with van der Waals surface area (Å²) in [7, 11) is 0. The highest BCUT2D eigenvalue weighted by Crippen LogP contribution is 2.29. The number of alkyl halides is 1. The Morgan fingerprint density at radius 3 is 2.47 bits per heavy atom. The van der Waals surface area contributed by atoms with E-state index < -0.39 is 0 Å². The second kappa shape index (κ2) is 14.2. The average molecular weight is 517 g/mol. The van der Waals surface area contributed by atoms with E-state index in [4.69, 9.17) is 23.1 Å². The van der Waals surface area contributed by atoms with E-state index in [1.807, 2.05) is 18.0 Å². The van der Waals surface area contributed by atoms with Gasteiger partial charge in [0.2, 0.25) is 0 Å². The maximum absolute atomic E-state index is 8.96. The molecule has 2 aliphatic rings. The molecule has 0 amide bonds. The summed E-state index contributed by atoms with van der Waals surface area (Å²) in [4.78, 5) is 9.09. The zero-order valence-electron chi connectivity index (χ0n) is 17.7. The van der Waals surface area contributed by atoms with Crippen LogP contribution >= 0.6 is 39.9 Å². The van der Waals surface area contributed by atoms with Crippen molar-refractivity contribution in [1.29, 1.82) is 0 Å². The summed E-state index contributed by atoms with van der Waals surface area (Å²) in [6.07, 6.45) is 4.82. The molecule has 30 heavy (non-hydrogen) atoms. The lowest BCUT2D eigenvalue weighted by atomic mass is 9.87. The van der Waals surface area contributed by atoms with Crippen LogP contribution in [0.1, 0.15) is 25.7 Å². The fraction of sp³-hybridized carbons (Fsp3) is 0.619. The minimum atomic E-state index is 0.269. The normalized spacial score (nSPS) is 17.7. The Labute approximate surface area is 198 Å². The summed E-state index contributed by atoms with van der Waals surface area (Å²) >= 11 is 9.85. The quantitative estimate of drug-likeness (QED) is 0.221. The number of rotatable bonds is 7. The summed E-state index contributed by atoms with van der Waals surface area (Å²) in [6.45, 7) is 5.34. The van der Waals surface area contributed by atoms with Gasteiger partial charge in [0.05, 0.1) is 0 Å². The van der Waals surface area contributed by atoms with Gasteiger partial charge >= 0.3 is 0 Å². The van der Waals surface area contributed by atoms with Crippen LogP contribution in [-0.4, -0.2) is 71.2 Å². The van der Waals surface area contributed by atoms with Crippen molar-refractivity contribution < 1.29 is 5.11 Å². The van der Waals surface area contributed by atoms with E-state index in [2.05, 4.69) is 48.2 Å². The zero-order chi connectivity index (χ0) is 21.8. The molecule has 0 atom stereocenters. The highest BCUT2D eigenvalue weighted by molar-refractivity contribution is 9.08. The highest BCUT2D eigenvalue weighted by Gasteiger charge is 2.18. The Morgan fingerprint density at radius 1 is 1.23 bits per heavy atom. The van der Waals surface area contributed by atoms with Crippen LogP contribution < -0.4 is 16.0 Å². The Kier molecular flexibility index (Phi) is 12.1. The van der Waals surface area contributed by atoms with Gasteiger partial charge in [-0.1, -0.05) is 34.1 Å². The first-order valence-electron chi connectivity index (χ1n) is 10.5. The average Bonchev–Trinajstić information content (AvgIpc) is 2.73. The number of anilines is 2. The van der Waals surface area contributed by atoms with Crippen LogP contribution in [-0.2, 0) is 0 Å². The molecule has 1 saturated heterocycles. The molecular formula is C21H34BrN5OS2. The SMILES string of the molecule is CBr.N/C(=N\C(=S)Nc1ccc(N2CCN(CCCO)CC2)cc1)SCC1CCC1. The van der Waals surface area contributed by atoms with Crippen molar-refractivity contribution in [1.82, 2.24) is 4.90 Å². The molecule has 2 fully saturated rings. The molecule has 1 aromatic rings. The van der Waals surface area contributed by atoms with Crippen molar-refractivity contribution in [2.75, 3.05) is 61.1 Å². The molecule has 9 heteroatoms. The summed E-state index contributed by atoms with van der Waals surface area (Å²) in [6, 6.07) is 8.31. The molecule has 1 aromatic carbocycles. The lowest BCUT2D eigenvalue weighted by molar-refractivity contribution is 0.216. The Hall–Kier alpha value is -0.870. The monoisotopic (exact) mass is 515 g/mol. The van der Waals surface area contributed by atoms with Gasteiger partial charge in [-0.3, -0.25) is 4.90 Å². The smallest absolute Gasteiger partial charge is 0.199 e. The summed E-state index contributed by atoms with van der Waals surface area (Å²) in [5.74, 6) is 3.65. The number of aliphatic imine (C=N–C) groups is 1. The molecule has 0 spiro atoms. The third kappa shape index (κ3) is 8.70. The van der Waals surface area contributed by atoms with E-state index in [0.717, 1.165) is 56.5 Å². The number of thioether (sulfide) groups is 1. The van der Waals surface area contributed by atoms with Crippen LogP contribution in [0.3, 0.4) is 0 Å². The number of nitrogens with one attached hydrogen (secondary N) is 1. The topological polar surface area (TPSA) is 77.1 Å². The Balaban J connectivity index is 0.00000155. The minimum absolute atomic E-state index is 0.269. The lowest BCUT2D eigenvalue weighted by Gasteiger charge is -2.36. The molecule has 4 N–H and O–H groups in total. The van der Waals surface area contributed by atoms with Crippen LogP contribution in [0.5, 0.6) is 0 Å². The molecule has 1 aliphatic heterocycles. The zero-order valence-corrected chi connectivity index (χ0v) is 20.9. The molecule has 3 rings (SSSR count). The minimum Gasteiger partial charge on any atom is -0.396 e. The standard InChI is InChI=1S/C20H31N5OS2.CH3Br/c21-19(28-15-16-3-1-4-16)23-20(27)22-17-5-7-18(8-6-17)25-12-10-24(11-13-25)9-2-14-26;1-2/h5-8,16,26H,1-4,9-15H2,(H3,21,22,23,27);1H3. The van der Waals surface area contributed by atoms with Crippen LogP contribution in [0.15, 0.2) is 29.3 Å². The second-order valence-electron chi connectivity index (χ2n) is 7.44. The fourth-order valence-electron chi connectivity index (χ4n) is 3.43. The van der Waals surface area contributed by atoms with Crippen LogP contribution in [0.25, 0.3) is 0 Å². The largest absolute Gasteiger partial charge is 0.396 e. The number of thiocarbonyl (C=S) groups is 1. The molecule has 0 bridgehead atoms. The second-order valence-corrected chi connectivity index (χ2v) is 8.87. The van der Waals surface area contributed by atoms with E-state index in [-0.39, 0.29) is 6.61 Å². The van der Waals surface area contributed by atoms with Crippen molar-refractivity contribution in [3.63, 3.8) is 0 Å². The molecule has 0 radical (unpaired) electrons. The van der Waals surface area contributed by atoms with E-state index in [9.17, 15) is 0 Å². The number of amidine groups is 1. The van der Waals surface area contributed by atoms with E-state index in [1.54, 1.807) is 11.8 Å². The molecule has 6 nitrogen and oxygen atoms in total. The number of halogens is 1. The molecular weight excluding hydrogens is 482 g/mol. The first-order valence-corrected chi connectivity index (χ1v) is 13.5. The number of benzene rings is 1. The van der Waals surface area contributed by atoms with E-state index in [0.29, 0.717) is 10.3 Å². The van der Waals surface area contributed by atoms with Gasteiger partial charge in [0.15, 0.2) is 10.3 Å². The summed E-state index contributed by atoms with van der Waals surface area (Å²) < 4.78 is 0. The Morgan fingerprint density at radius 2 is 1.90 bits per heavy atom. The van der Waals surface area contributed by atoms with Crippen LogP contribution in [0.4, 0.5) is 11.4 Å². The van der Waals surface area contributed by atoms with Crippen molar-refractivity contribution >= 4 is 61.6 Å². The van der Waals surface area contributed by atoms with Crippen LogP contribution in [0, 0.1) is 5.92 Å². The fourth-order valence-corrected chi connectivity index (χ4v) is 4.60. The van der Waals surface area contributed by atoms with Crippen molar-refractivity contribution in [2.45, 2.75) is 25.7 Å². The number of hydrogen-bond acceptors (Lipinski definition) is 5. The number of nitrogens with zero attached hydrogens (tertiary/aromatic N) is 3. The molecule has 1 saturated carbocycles. The predicted octanol–water partition coefficient (Wildman–Crippen LogP) is 3.75. The number of nitrogens with two attached hydrogens (primary N) is 1. The third-order valence-corrected chi connectivity index (χ3v) is 6.61. The van der Waals surface area contributed by atoms with Crippen molar-refractivity contribution in [3.05, 3.63) is 24.3 Å². The maximum Gasteiger partial charge on any atom is 0.199 e. The maximum atomic E-state index is 8.96. The van der Waals surface area contributed by atoms with Crippen molar-refractivity contribution in [3.8, 4) is 0 Å². The van der Waals surface area contributed by atoms with Gasteiger partial charge in [0.1, 0.15) is 0 Å². The van der Waals surface area contributed by atoms with E-state index >= 15 is 0 Å². The molecule has 0 unspecified atom stereocenters. The van der Waals surface area contributed by atoms with Gasteiger partial charge in [-0.25, -0.2) is 0 Å². The predicted molar refractivity (Wildman–Crippen MR) is 139 cm³/mol. The van der Waals surface area contributed by atoms with Gasteiger partial charge < -0.3 is 21.1 Å². The molecule has 168 valence electrons. The summed E-state index contributed by atoms with van der Waals surface area (Å²) in [5.41, 5.74) is 8.13. The van der Waals surface area contributed by atoms with Gasteiger partial charge in [0, 0.05) is 56.5 Å².